The van der Waals surface area contributed by atoms with Crippen molar-refractivity contribution < 1.29 is 15.0 Å². The largest absolute Gasteiger partial charge is 0.481 e. The number of fused-ring (bicyclic) bond motifs is 1. The van der Waals surface area contributed by atoms with E-state index in [4.69, 9.17) is 10.2 Å². The van der Waals surface area contributed by atoms with Crippen molar-refractivity contribution in [3.8, 4) is 0 Å². The first-order chi connectivity index (χ1) is 9.22. The van der Waals surface area contributed by atoms with Crippen molar-refractivity contribution >= 4 is 5.97 Å². The molecule has 0 amide bonds. The van der Waals surface area contributed by atoms with Gasteiger partial charge < -0.3 is 10.2 Å². The molecule has 1 aromatic carbocycles. The fourth-order valence-electron chi connectivity index (χ4n) is 2.85. The molecular weight excluding hydrogens is 242 g/mol. The lowest BCUT2D eigenvalue weighted by atomic mass is 10.1. The van der Waals surface area contributed by atoms with Crippen LogP contribution in [0.5, 0.6) is 0 Å². The third-order valence-corrected chi connectivity index (χ3v) is 3.76. The standard InChI is InChI=1S/C15H21NO3/c17-11-3-9-16(10-8-15(18)19)14-7-6-12-4-1-2-5-13(12)14/h1-2,4-5,14,17H,3,6-11H2,(H,18,19). The highest BCUT2D eigenvalue weighted by Gasteiger charge is 2.27. The lowest BCUT2D eigenvalue weighted by Crippen LogP contribution is -2.31. The summed E-state index contributed by atoms with van der Waals surface area (Å²) in [6, 6.07) is 8.69. The van der Waals surface area contributed by atoms with E-state index in [0.717, 1.165) is 19.4 Å². The third-order valence-electron chi connectivity index (χ3n) is 3.76. The Morgan fingerprint density at radius 3 is 2.84 bits per heavy atom. The van der Waals surface area contributed by atoms with E-state index in [1.165, 1.54) is 11.1 Å². The lowest BCUT2D eigenvalue weighted by molar-refractivity contribution is -0.137. The summed E-state index contributed by atoms with van der Waals surface area (Å²) in [4.78, 5) is 13.0. The summed E-state index contributed by atoms with van der Waals surface area (Å²) < 4.78 is 0. The van der Waals surface area contributed by atoms with E-state index in [1.807, 2.05) is 6.07 Å². The molecule has 0 aromatic heterocycles. The van der Waals surface area contributed by atoms with Gasteiger partial charge in [-0.15, -0.1) is 0 Å². The van der Waals surface area contributed by atoms with Gasteiger partial charge in [-0.25, -0.2) is 0 Å². The predicted molar refractivity (Wildman–Crippen MR) is 73.0 cm³/mol. The van der Waals surface area contributed by atoms with E-state index in [1.54, 1.807) is 0 Å². The molecule has 0 heterocycles. The van der Waals surface area contributed by atoms with Crippen LogP contribution in [0, 0.1) is 0 Å². The maximum atomic E-state index is 10.8. The van der Waals surface area contributed by atoms with Crippen molar-refractivity contribution in [3.63, 3.8) is 0 Å². The van der Waals surface area contributed by atoms with Crippen LogP contribution in [0.2, 0.25) is 0 Å². The number of aliphatic carboxylic acids is 1. The van der Waals surface area contributed by atoms with Crippen LogP contribution in [0.3, 0.4) is 0 Å². The zero-order chi connectivity index (χ0) is 13.7. The second kappa shape index (κ2) is 6.68. The van der Waals surface area contributed by atoms with Crippen LogP contribution >= 0.6 is 0 Å². The van der Waals surface area contributed by atoms with E-state index in [-0.39, 0.29) is 13.0 Å². The van der Waals surface area contributed by atoms with Gasteiger partial charge in [0.1, 0.15) is 0 Å². The third kappa shape index (κ3) is 3.55. The predicted octanol–water partition coefficient (Wildman–Crippen LogP) is 1.83. The van der Waals surface area contributed by atoms with Crippen molar-refractivity contribution in [2.45, 2.75) is 31.7 Å². The number of aliphatic hydroxyl groups excluding tert-OH is 1. The first-order valence-electron chi connectivity index (χ1n) is 6.87. The summed E-state index contributed by atoms with van der Waals surface area (Å²) in [6.45, 7) is 1.45. The molecule has 1 aromatic rings. The molecule has 1 aliphatic carbocycles. The highest BCUT2D eigenvalue weighted by atomic mass is 16.4. The highest BCUT2D eigenvalue weighted by molar-refractivity contribution is 5.66. The van der Waals surface area contributed by atoms with Gasteiger partial charge in [-0.1, -0.05) is 24.3 Å². The molecule has 2 rings (SSSR count). The Morgan fingerprint density at radius 2 is 2.11 bits per heavy atom. The minimum Gasteiger partial charge on any atom is -0.481 e. The monoisotopic (exact) mass is 263 g/mol. The summed E-state index contributed by atoms with van der Waals surface area (Å²) in [5, 5.41) is 17.8. The maximum Gasteiger partial charge on any atom is 0.304 e. The minimum absolute atomic E-state index is 0.151. The van der Waals surface area contributed by atoms with Crippen LogP contribution in [0.1, 0.15) is 36.4 Å². The fourth-order valence-corrected chi connectivity index (χ4v) is 2.85. The first kappa shape index (κ1) is 14.0. The average molecular weight is 263 g/mol. The van der Waals surface area contributed by atoms with Crippen LogP contribution in [0.4, 0.5) is 0 Å². The molecule has 0 spiro atoms. The second-order valence-corrected chi connectivity index (χ2v) is 5.01. The van der Waals surface area contributed by atoms with Crippen molar-refractivity contribution in [1.82, 2.24) is 4.90 Å². The van der Waals surface area contributed by atoms with Gasteiger partial charge in [-0.3, -0.25) is 9.69 Å². The number of hydrogen-bond donors (Lipinski definition) is 2. The van der Waals surface area contributed by atoms with Gasteiger partial charge in [-0.05, 0) is 30.4 Å². The Labute approximate surface area is 113 Å². The number of carboxylic acid groups (broad SMARTS) is 1. The van der Waals surface area contributed by atoms with Gasteiger partial charge in [0, 0.05) is 25.7 Å². The van der Waals surface area contributed by atoms with Crippen LogP contribution in [-0.2, 0) is 11.2 Å². The number of benzene rings is 1. The van der Waals surface area contributed by atoms with Crippen molar-refractivity contribution in [3.05, 3.63) is 35.4 Å². The van der Waals surface area contributed by atoms with E-state index in [2.05, 4.69) is 23.1 Å². The first-order valence-corrected chi connectivity index (χ1v) is 6.87. The molecule has 19 heavy (non-hydrogen) atoms. The van der Waals surface area contributed by atoms with E-state index in [9.17, 15) is 4.79 Å². The number of hydrogen-bond acceptors (Lipinski definition) is 3. The Bertz CT molecular complexity index is 433. The number of aliphatic hydroxyl groups is 1. The molecule has 0 fully saturated rings. The SMILES string of the molecule is O=C(O)CCN(CCCO)C1CCc2ccccc21. The van der Waals surface area contributed by atoms with E-state index in [0.29, 0.717) is 19.0 Å². The van der Waals surface area contributed by atoms with Crippen molar-refractivity contribution in [2.24, 2.45) is 0 Å². The molecule has 1 aliphatic rings. The molecule has 1 atom stereocenters. The summed E-state index contributed by atoms with van der Waals surface area (Å²) in [7, 11) is 0. The van der Waals surface area contributed by atoms with Gasteiger partial charge >= 0.3 is 5.97 Å². The molecule has 0 saturated carbocycles. The molecule has 0 aliphatic heterocycles. The number of aryl methyl sites for hydroxylation is 1. The van der Waals surface area contributed by atoms with Gasteiger partial charge in [0.15, 0.2) is 0 Å². The number of rotatable bonds is 7. The Kier molecular flexibility index (Phi) is 4.93. The molecule has 0 bridgehead atoms. The zero-order valence-electron chi connectivity index (χ0n) is 11.1. The van der Waals surface area contributed by atoms with Crippen LogP contribution in [0.25, 0.3) is 0 Å². The quantitative estimate of drug-likeness (QED) is 0.788. The van der Waals surface area contributed by atoms with Crippen molar-refractivity contribution in [1.29, 1.82) is 0 Å². The normalized spacial score (nSPS) is 17.7. The molecule has 4 nitrogen and oxygen atoms in total. The van der Waals surface area contributed by atoms with Crippen LogP contribution in [-0.4, -0.2) is 40.8 Å². The highest BCUT2D eigenvalue weighted by Crippen LogP contribution is 2.35. The maximum absolute atomic E-state index is 10.8. The average Bonchev–Trinajstić information content (AvgIpc) is 2.83. The van der Waals surface area contributed by atoms with Crippen molar-refractivity contribution in [2.75, 3.05) is 19.7 Å². The fraction of sp³-hybridized carbons (Fsp3) is 0.533. The Balaban J connectivity index is 2.07. The van der Waals surface area contributed by atoms with E-state index >= 15 is 0 Å². The summed E-state index contributed by atoms with van der Waals surface area (Å²) in [5.41, 5.74) is 2.70. The zero-order valence-corrected chi connectivity index (χ0v) is 11.1. The van der Waals surface area contributed by atoms with E-state index < -0.39 is 5.97 Å². The molecule has 104 valence electrons. The summed E-state index contributed by atoms with van der Waals surface area (Å²) >= 11 is 0. The number of carbonyl (C=O) groups is 1. The van der Waals surface area contributed by atoms with Crippen LogP contribution < -0.4 is 0 Å². The lowest BCUT2D eigenvalue weighted by Gasteiger charge is -2.29. The summed E-state index contributed by atoms with van der Waals surface area (Å²) in [5.74, 6) is -0.764. The number of carboxylic acids is 1. The smallest absolute Gasteiger partial charge is 0.304 e. The summed E-state index contributed by atoms with van der Waals surface area (Å²) in [6.07, 6.45) is 2.95. The minimum atomic E-state index is -0.764. The second-order valence-electron chi connectivity index (χ2n) is 5.01. The van der Waals surface area contributed by atoms with Gasteiger partial charge in [0.05, 0.1) is 6.42 Å². The van der Waals surface area contributed by atoms with Gasteiger partial charge in [-0.2, -0.15) is 0 Å². The van der Waals surface area contributed by atoms with Crippen LogP contribution in [0.15, 0.2) is 24.3 Å². The molecule has 0 saturated heterocycles. The molecule has 2 N–H and O–H groups in total. The van der Waals surface area contributed by atoms with Gasteiger partial charge in [0.2, 0.25) is 0 Å². The topological polar surface area (TPSA) is 60.8 Å². The molecule has 4 heteroatoms. The number of nitrogens with zero attached hydrogens (tertiary/aromatic N) is 1. The molecular formula is C15H21NO3. The Hall–Kier alpha value is -1.39. The van der Waals surface area contributed by atoms with Gasteiger partial charge in [0.25, 0.3) is 0 Å². The Morgan fingerprint density at radius 1 is 1.32 bits per heavy atom. The molecule has 0 radical (unpaired) electrons. The molecule has 1 unspecified atom stereocenters.